The zero-order valence-corrected chi connectivity index (χ0v) is 15.2. The highest BCUT2D eigenvalue weighted by atomic mass is 15.1. The first-order chi connectivity index (χ1) is 11.5. The summed E-state index contributed by atoms with van der Waals surface area (Å²) in [5.41, 5.74) is 9.97. The summed E-state index contributed by atoms with van der Waals surface area (Å²) < 4.78 is 2.56. The monoisotopic (exact) mass is 318 g/mol. The van der Waals surface area contributed by atoms with E-state index in [0.717, 1.165) is 26.1 Å². The average Bonchev–Trinajstić information content (AvgIpc) is 2.83. The molecule has 0 amide bonds. The Hall–Kier alpha value is -2.06. The Morgan fingerprint density at radius 2 is 1.71 bits per heavy atom. The van der Waals surface area contributed by atoms with Gasteiger partial charge < -0.3 is 9.47 Å². The maximum Gasteiger partial charge on any atom is 0.0489 e. The first-order valence-corrected chi connectivity index (χ1v) is 8.88. The molecule has 0 fully saturated rings. The minimum atomic E-state index is 0.977. The van der Waals surface area contributed by atoms with Gasteiger partial charge >= 0.3 is 0 Å². The van der Waals surface area contributed by atoms with Crippen molar-refractivity contribution in [1.82, 2.24) is 9.47 Å². The van der Waals surface area contributed by atoms with Crippen LogP contribution < -0.4 is 0 Å². The molecule has 0 atom stereocenters. The van der Waals surface area contributed by atoms with Gasteiger partial charge in [-0.2, -0.15) is 0 Å². The molecule has 0 radical (unpaired) electrons. The van der Waals surface area contributed by atoms with Crippen LogP contribution in [0.1, 0.15) is 33.5 Å². The number of aryl methyl sites for hydroxylation is 3. The van der Waals surface area contributed by atoms with E-state index in [0.29, 0.717) is 0 Å². The largest absolute Gasteiger partial charge is 0.340 e. The zero-order chi connectivity index (χ0) is 16.8. The Morgan fingerprint density at radius 1 is 0.958 bits per heavy atom. The minimum absolute atomic E-state index is 0.977. The van der Waals surface area contributed by atoms with Gasteiger partial charge in [0.15, 0.2) is 0 Å². The van der Waals surface area contributed by atoms with Gasteiger partial charge in [-0.3, -0.25) is 0 Å². The summed E-state index contributed by atoms with van der Waals surface area (Å²) in [6.45, 7) is 9.79. The van der Waals surface area contributed by atoms with Crippen LogP contribution in [-0.2, 0) is 19.5 Å². The first kappa shape index (κ1) is 15.5. The number of rotatable bonds is 2. The molecule has 1 aromatic heterocycles. The van der Waals surface area contributed by atoms with E-state index in [2.05, 4.69) is 73.7 Å². The summed E-state index contributed by atoms with van der Waals surface area (Å²) in [7, 11) is 2.23. The molecule has 1 aliphatic heterocycles. The Bertz CT molecular complexity index is 917. The predicted molar refractivity (Wildman–Crippen MR) is 102 cm³/mol. The number of benzene rings is 2. The second kappa shape index (κ2) is 5.78. The lowest BCUT2D eigenvalue weighted by molar-refractivity contribution is 0.310. The molecular formula is C22H26N2. The van der Waals surface area contributed by atoms with Crippen molar-refractivity contribution in [3.8, 4) is 0 Å². The third-order valence-corrected chi connectivity index (χ3v) is 5.43. The van der Waals surface area contributed by atoms with Gasteiger partial charge in [0.2, 0.25) is 0 Å². The second-order valence-corrected chi connectivity index (χ2v) is 7.45. The molecule has 0 spiro atoms. The number of hydrogen-bond acceptors (Lipinski definition) is 1. The van der Waals surface area contributed by atoms with Crippen LogP contribution in [0.2, 0.25) is 0 Å². The van der Waals surface area contributed by atoms with E-state index in [4.69, 9.17) is 0 Å². The fourth-order valence-electron chi connectivity index (χ4n) is 4.07. The van der Waals surface area contributed by atoms with E-state index in [1.54, 1.807) is 0 Å². The van der Waals surface area contributed by atoms with Gasteiger partial charge in [-0.25, -0.2) is 0 Å². The van der Waals surface area contributed by atoms with Crippen LogP contribution in [0, 0.1) is 20.8 Å². The quantitative estimate of drug-likeness (QED) is 0.670. The van der Waals surface area contributed by atoms with Gasteiger partial charge in [-0.15, -0.1) is 0 Å². The second-order valence-electron chi connectivity index (χ2n) is 7.45. The molecule has 1 aliphatic rings. The van der Waals surface area contributed by atoms with Gasteiger partial charge in [0.05, 0.1) is 0 Å². The van der Waals surface area contributed by atoms with E-state index in [9.17, 15) is 0 Å². The van der Waals surface area contributed by atoms with Crippen LogP contribution in [-0.4, -0.2) is 23.1 Å². The molecule has 3 aromatic rings. The van der Waals surface area contributed by atoms with Gasteiger partial charge in [-0.05, 0) is 56.6 Å². The van der Waals surface area contributed by atoms with Crippen molar-refractivity contribution in [2.75, 3.05) is 13.6 Å². The third-order valence-electron chi connectivity index (χ3n) is 5.43. The number of hydrogen-bond donors (Lipinski definition) is 0. The SMILES string of the molecule is Cc1ccc(Cn2c3c(c4cc(C)ccc42)CN(C)CC3)c(C)c1. The zero-order valence-electron chi connectivity index (χ0n) is 15.2. The van der Waals surface area contributed by atoms with Crippen molar-refractivity contribution < 1.29 is 0 Å². The number of nitrogens with zero attached hydrogens (tertiary/aromatic N) is 2. The van der Waals surface area contributed by atoms with Crippen LogP contribution in [0.5, 0.6) is 0 Å². The normalized spacial score (nSPS) is 15.0. The third kappa shape index (κ3) is 2.55. The van der Waals surface area contributed by atoms with Crippen molar-refractivity contribution in [1.29, 1.82) is 0 Å². The maximum absolute atomic E-state index is 2.56. The lowest BCUT2D eigenvalue weighted by Gasteiger charge is -2.24. The van der Waals surface area contributed by atoms with Crippen LogP contribution in [0.15, 0.2) is 36.4 Å². The molecule has 2 heteroatoms. The molecule has 2 heterocycles. The Balaban J connectivity index is 1.88. The van der Waals surface area contributed by atoms with E-state index in [1.807, 2.05) is 0 Å². The Labute approximate surface area is 144 Å². The molecular weight excluding hydrogens is 292 g/mol. The van der Waals surface area contributed by atoms with Crippen molar-refractivity contribution in [3.05, 3.63) is 69.9 Å². The highest BCUT2D eigenvalue weighted by Gasteiger charge is 2.22. The molecule has 0 unspecified atom stereocenters. The van der Waals surface area contributed by atoms with Crippen LogP contribution in [0.3, 0.4) is 0 Å². The fourth-order valence-corrected chi connectivity index (χ4v) is 4.07. The highest BCUT2D eigenvalue weighted by molar-refractivity contribution is 5.86. The summed E-state index contributed by atoms with van der Waals surface area (Å²) in [6, 6.07) is 13.8. The Kier molecular flexibility index (Phi) is 3.73. The lowest BCUT2D eigenvalue weighted by atomic mass is 10.0. The fraction of sp³-hybridized carbons (Fsp3) is 0.364. The molecule has 0 saturated heterocycles. The molecule has 2 aromatic carbocycles. The van der Waals surface area contributed by atoms with E-state index in [-0.39, 0.29) is 0 Å². The van der Waals surface area contributed by atoms with Crippen LogP contribution in [0.4, 0.5) is 0 Å². The van der Waals surface area contributed by atoms with Gasteiger partial charge in [0.25, 0.3) is 0 Å². The minimum Gasteiger partial charge on any atom is -0.340 e. The maximum atomic E-state index is 2.56. The summed E-state index contributed by atoms with van der Waals surface area (Å²) in [4.78, 5) is 2.44. The number of likely N-dealkylation sites (N-methyl/N-ethyl adjacent to an activating group) is 1. The summed E-state index contributed by atoms with van der Waals surface area (Å²) in [6.07, 6.45) is 1.14. The average molecular weight is 318 g/mol. The summed E-state index contributed by atoms with van der Waals surface area (Å²) in [5.74, 6) is 0. The van der Waals surface area contributed by atoms with Crippen LogP contribution >= 0.6 is 0 Å². The number of aromatic nitrogens is 1. The number of fused-ring (bicyclic) bond motifs is 3. The van der Waals surface area contributed by atoms with Crippen molar-refractivity contribution >= 4 is 10.9 Å². The van der Waals surface area contributed by atoms with Crippen molar-refractivity contribution in [2.45, 2.75) is 40.3 Å². The topological polar surface area (TPSA) is 8.17 Å². The Morgan fingerprint density at radius 3 is 2.50 bits per heavy atom. The van der Waals surface area contributed by atoms with Crippen molar-refractivity contribution in [2.24, 2.45) is 0 Å². The van der Waals surface area contributed by atoms with Crippen LogP contribution in [0.25, 0.3) is 10.9 Å². The summed E-state index contributed by atoms with van der Waals surface area (Å²) >= 11 is 0. The predicted octanol–water partition coefficient (Wildman–Crippen LogP) is 4.60. The van der Waals surface area contributed by atoms with Gasteiger partial charge in [-0.1, -0.05) is 35.4 Å². The van der Waals surface area contributed by atoms with Gasteiger partial charge in [0.1, 0.15) is 0 Å². The van der Waals surface area contributed by atoms with E-state index < -0.39 is 0 Å². The molecule has 2 nitrogen and oxygen atoms in total. The molecule has 0 saturated carbocycles. The first-order valence-electron chi connectivity index (χ1n) is 8.88. The lowest BCUT2D eigenvalue weighted by Crippen LogP contribution is -2.27. The molecule has 0 bridgehead atoms. The standard InChI is InChI=1S/C22H26N2/c1-15-5-7-18(17(3)11-15)13-24-21-8-6-16(2)12-19(21)20-14-23(4)10-9-22(20)24/h5-8,11-12H,9-10,13-14H2,1-4H3. The molecule has 0 aliphatic carbocycles. The smallest absolute Gasteiger partial charge is 0.0489 e. The van der Waals surface area contributed by atoms with E-state index >= 15 is 0 Å². The van der Waals surface area contributed by atoms with E-state index in [1.165, 1.54) is 44.4 Å². The van der Waals surface area contributed by atoms with Gasteiger partial charge in [0, 0.05) is 42.7 Å². The molecule has 0 N–H and O–H groups in total. The molecule has 124 valence electrons. The molecule has 4 rings (SSSR count). The highest BCUT2D eigenvalue weighted by Crippen LogP contribution is 2.32. The summed E-state index contributed by atoms with van der Waals surface area (Å²) in [5, 5.41) is 1.45. The van der Waals surface area contributed by atoms with Crippen molar-refractivity contribution in [3.63, 3.8) is 0 Å². The molecule has 24 heavy (non-hydrogen) atoms.